The highest BCUT2D eigenvalue weighted by atomic mass is 19.1. The van der Waals surface area contributed by atoms with Crippen LogP contribution in [-0.2, 0) is 9.59 Å². The largest absolute Gasteiger partial charge is 0.508 e. The first-order chi connectivity index (χ1) is 31.0. The fraction of sp³-hybridized carbons (Fsp3) is 0.383. The van der Waals surface area contributed by atoms with Crippen LogP contribution in [0.3, 0.4) is 0 Å². The van der Waals surface area contributed by atoms with Gasteiger partial charge in [0.05, 0.1) is 28.7 Å². The van der Waals surface area contributed by atoms with Gasteiger partial charge in [-0.15, -0.1) is 6.42 Å². The lowest BCUT2D eigenvalue weighted by Gasteiger charge is -2.37. The van der Waals surface area contributed by atoms with E-state index in [0.717, 1.165) is 55.9 Å². The molecule has 326 valence electrons. The Kier molecular flexibility index (Phi) is 9.51. The Labute approximate surface area is 365 Å². The van der Waals surface area contributed by atoms with Crippen molar-refractivity contribution in [3.8, 4) is 35.4 Å². The zero-order chi connectivity index (χ0) is 44.0. The molecule has 5 fully saturated rings. The maximum absolute atomic E-state index is 17.1. The van der Waals surface area contributed by atoms with Gasteiger partial charge in [0, 0.05) is 92.6 Å². The number of anilines is 2. The van der Waals surface area contributed by atoms with E-state index >= 15 is 8.78 Å². The van der Waals surface area contributed by atoms with Crippen molar-refractivity contribution in [2.45, 2.75) is 56.7 Å². The summed E-state index contributed by atoms with van der Waals surface area (Å²) in [7, 11) is 0. The summed E-state index contributed by atoms with van der Waals surface area (Å²) in [5, 5.41) is 17.6. The van der Waals surface area contributed by atoms with Crippen LogP contribution in [0.2, 0.25) is 0 Å². The van der Waals surface area contributed by atoms with E-state index in [1.807, 2.05) is 6.07 Å². The first-order valence-corrected chi connectivity index (χ1v) is 21.7. The standard InChI is InChI=1S/C47H43F2N9O6/c1-2-30-35(48)8-3-25-17-29(59)19-33(38(25)30)40-39(49)41-34(20-50-40)42(57-21-26-4-5-27(22-57)51-26)54-46(53-41)64-24-47(11-12-47)23-55-13-15-56(16-14-55)28-6-7-31-32(18-28)45(63)58(44(31)62)36-9-10-37(60)52-43(36)61/h1,3,6-8,17-20,26-27,36,51,59H,4-5,9-16,21-24H2,(H,52,60,61). The maximum atomic E-state index is 17.1. The summed E-state index contributed by atoms with van der Waals surface area (Å²) in [6.45, 7) is 5.27. The molecule has 15 nitrogen and oxygen atoms in total. The Morgan fingerprint density at radius 2 is 1.66 bits per heavy atom. The van der Waals surface area contributed by atoms with Crippen LogP contribution in [0.1, 0.15) is 64.8 Å². The lowest BCUT2D eigenvalue weighted by atomic mass is 9.96. The molecule has 4 saturated heterocycles. The average Bonchev–Trinajstić information content (AvgIpc) is 3.91. The second-order valence-corrected chi connectivity index (χ2v) is 17.9. The van der Waals surface area contributed by atoms with E-state index in [2.05, 4.69) is 41.2 Å². The highest BCUT2D eigenvalue weighted by molar-refractivity contribution is 6.23. The molecule has 17 heteroatoms. The van der Waals surface area contributed by atoms with Crippen molar-refractivity contribution in [3.05, 3.63) is 77.0 Å². The number of imide groups is 2. The summed E-state index contributed by atoms with van der Waals surface area (Å²) >= 11 is 0. The van der Waals surface area contributed by atoms with E-state index in [1.54, 1.807) is 12.1 Å². The summed E-state index contributed by atoms with van der Waals surface area (Å²) < 4.78 is 38.5. The third-order valence-corrected chi connectivity index (χ3v) is 13.8. The Morgan fingerprint density at radius 1 is 0.891 bits per heavy atom. The molecule has 3 N–H and O–H groups in total. The van der Waals surface area contributed by atoms with Gasteiger partial charge in [0.2, 0.25) is 11.8 Å². The predicted octanol–water partition coefficient (Wildman–Crippen LogP) is 4.13. The molecule has 3 aromatic carbocycles. The van der Waals surface area contributed by atoms with Gasteiger partial charge in [-0.05, 0) is 73.9 Å². The van der Waals surface area contributed by atoms with Crippen molar-refractivity contribution in [1.82, 2.24) is 35.4 Å². The van der Waals surface area contributed by atoms with Crippen LogP contribution in [0.4, 0.5) is 20.3 Å². The quantitative estimate of drug-likeness (QED) is 0.143. The van der Waals surface area contributed by atoms with Gasteiger partial charge in [-0.1, -0.05) is 12.0 Å². The van der Waals surface area contributed by atoms with Gasteiger partial charge in [0.1, 0.15) is 34.6 Å². The number of terminal acetylenes is 1. The smallest absolute Gasteiger partial charge is 0.319 e. The van der Waals surface area contributed by atoms with Gasteiger partial charge in [-0.25, -0.2) is 8.78 Å². The van der Waals surface area contributed by atoms with Gasteiger partial charge in [0.15, 0.2) is 5.82 Å². The minimum Gasteiger partial charge on any atom is -0.508 e. The Hall–Kier alpha value is -6.77. The number of carbonyl (C=O) groups excluding carboxylic acids is 4. The summed E-state index contributed by atoms with van der Waals surface area (Å²) in [5.74, 6) is -0.792. The number of phenolic OH excluding ortho intramolecular Hbond substituents is 1. The molecule has 5 aromatic rings. The SMILES string of the molecule is C#Cc1c(F)ccc2cc(O)cc(-c3ncc4c(N5CC6CCC(C5)N6)nc(OCC5(CN6CCN(c7ccc8c(c7)C(=O)N(C7CCC(=O)NC7=O)C8=O)CC6)CC5)nc4c3F)c12. The Bertz CT molecular complexity index is 2880. The highest BCUT2D eigenvalue weighted by Crippen LogP contribution is 2.47. The molecule has 2 bridgehead atoms. The number of nitrogens with one attached hydrogen (secondary N) is 2. The lowest BCUT2D eigenvalue weighted by molar-refractivity contribution is -0.136. The first-order valence-electron chi connectivity index (χ1n) is 21.7. The van der Waals surface area contributed by atoms with Crippen molar-refractivity contribution >= 4 is 56.8 Å². The second kappa shape index (κ2) is 15.2. The van der Waals surface area contributed by atoms with Crippen molar-refractivity contribution < 1.29 is 37.8 Å². The number of benzene rings is 3. The number of halogens is 2. The highest BCUT2D eigenvalue weighted by Gasteiger charge is 2.47. The van der Waals surface area contributed by atoms with Crippen molar-refractivity contribution in [3.63, 3.8) is 0 Å². The van der Waals surface area contributed by atoms with E-state index < -0.39 is 41.3 Å². The van der Waals surface area contributed by atoms with Gasteiger partial charge in [-0.3, -0.25) is 39.3 Å². The second-order valence-electron chi connectivity index (χ2n) is 17.9. The fourth-order valence-electron chi connectivity index (χ4n) is 10.3. The van der Waals surface area contributed by atoms with Crippen LogP contribution < -0.4 is 25.2 Å². The number of aromatic nitrogens is 3. The van der Waals surface area contributed by atoms with Crippen molar-refractivity contribution in [1.29, 1.82) is 0 Å². The molecule has 4 amide bonds. The van der Waals surface area contributed by atoms with Gasteiger partial charge < -0.3 is 25.0 Å². The molecule has 3 atom stereocenters. The van der Waals surface area contributed by atoms with E-state index in [-0.39, 0.29) is 81.0 Å². The Balaban J connectivity index is 0.817. The molecule has 0 radical (unpaired) electrons. The van der Waals surface area contributed by atoms with Crippen LogP contribution in [0, 0.1) is 29.4 Å². The minimum absolute atomic E-state index is 0.00620. The van der Waals surface area contributed by atoms with Crippen LogP contribution in [0.15, 0.2) is 48.7 Å². The van der Waals surface area contributed by atoms with Crippen LogP contribution in [0.5, 0.6) is 11.8 Å². The summed E-state index contributed by atoms with van der Waals surface area (Å²) in [4.78, 5) is 72.7. The molecule has 3 unspecified atom stereocenters. The zero-order valence-electron chi connectivity index (χ0n) is 34.7. The topological polar surface area (TPSA) is 173 Å². The number of hydrogen-bond acceptors (Lipinski definition) is 13. The summed E-state index contributed by atoms with van der Waals surface area (Å²) in [6.07, 6.45) is 11.3. The molecule has 5 aliphatic heterocycles. The summed E-state index contributed by atoms with van der Waals surface area (Å²) in [5.41, 5.74) is 1.07. The van der Waals surface area contributed by atoms with E-state index in [4.69, 9.17) is 16.1 Å². The number of pyridine rings is 1. The monoisotopic (exact) mass is 867 g/mol. The molecule has 0 spiro atoms. The normalized spacial score (nSPS) is 22.9. The number of hydrogen-bond donors (Lipinski definition) is 3. The zero-order valence-corrected chi connectivity index (χ0v) is 34.7. The minimum atomic E-state index is -1.02. The molecule has 1 saturated carbocycles. The molecule has 6 aliphatic rings. The van der Waals surface area contributed by atoms with Gasteiger partial charge in [-0.2, -0.15) is 9.97 Å². The average molecular weight is 868 g/mol. The number of phenols is 1. The molecular formula is C47H43F2N9O6. The number of amides is 4. The van der Waals surface area contributed by atoms with E-state index in [0.29, 0.717) is 49.4 Å². The number of piperidine rings is 1. The van der Waals surface area contributed by atoms with Crippen molar-refractivity contribution in [2.24, 2.45) is 5.41 Å². The van der Waals surface area contributed by atoms with Crippen LogP contribution >= 0.6 is 0 Å². The van der Waals surface area contributed by atoms with Crippen LogP contribution in [-0.4, -0.2) is 124 Å². The van der Waals surface area contributed by atoms with Crippen molar-refractivity contribution in [2.75, 3.05) is 62.2 Å². The number of nitrogens with zero attached hydrogens (tertiary/aromatic N) is 7. The number of carbonyl (C=O) groups is 4. The molecule has 11 rings (SSSR count). The third kappa shape index (κ3) is 6.83. The fourth-order valence-corrected chi connectivity index (χ4v) is 10.3. The third-order valence-electron chi connectivity index (χ3n) is 13.8. The number of piperazine rings is 2. The molecular weight excluding hydrogens is 825 g/mol. The van der Waals surface area contributed by atoms with Gasteiger partial charge >= 0.3 is 6.01 Å². The van der Waals surface area contributed by atoms with Gasteiger partial charge in [0.25, 0.3) is 11.8 Å². The van der Waals surface area contributed by atoms with E-state index in [9.17, 15) is 24.3 Å². The van der Waals surface area contributed by atoms with Crippen LogP contribution in [0.25, 0.3) is 32.9 Å². The molecule has 64 heavy (non-hydrogen) atoms. The predicted molar refractivity (Wildman–Crippen MR) is 231 cm³/mol. The number of ether oxygens (including phenoxy) is 1. The number of rotatable bonds is 9. The van der Waals surface area contributed by atoms with E-state index in [1.165, 1.54) is 30.5 Å². The Morgan fingerprint density at radius 3 is 2.39 bits per heavy atom. The lowest BCUT2D eigenvalue weighted by Crippen LogP contribution is -2.54. The summed E-state index contributed by atoms with van der Waals surface area (Å²) in [6, 6.07) is 10.2. The first kappa shape index (κ1) is 40.0. The number of aromatic hydroxyl groups is 1. The number of fused-ring (bicyclic) bond motifs is 5. The molecule has 7 heterocycles. The molecule has 1 aliphatic carbocycles. The molecule has 2 aromatic heterocycles. The maximum Gasteiger partial charge on any atom is 0.319 e.